The first-order valence-corrected chi connectivity index (χ1v) is 7.67. The van der Waals surface area contributed by atoms with Crippen LogP contribution in [0.15, 0.2) is 21.5 Å². The van der Waals surface area contributed by atoms with Gasteiger partial charge in [0.25, 0.3) is 0 Å². The molecule has 0 saturated heterocycles. The molecular formula is C10H11BrClNO5S. The summed E-state index contributed by atoms with van der Waals surface area (Å²) in [6, 6.07) is 2.57. The molecule has 0 aliphatic heterocycles. The maximum atomic E-state index is 11.8. The highest BCUT2D eigenvalue weighted by atomic mass is 79.9. The Balaban J connectivity index is 3.15. The van der Waals surface area contributed by atoms with E-state index >= 15 is 0 Å². The van der Waals surface area contributed by atoms with Crippen molar-refractivity contribution in [3.63, 3.8) is 0 Å². The molecule has 0 unspecified atom stereocenters. The molecule has 0 fully saturated rings. The lowest BCUT2D eigenvalue weighted by atomic mass is 10.2. The fourth-order valence-corrected chi connectivity index (χ4v) is 2.98. The third-order valence-corrected chi connectivity index (χ3v) is 3.96. The monoisotopic (exact) mass is 371 g/mol. The smallest absolute Gasteiger partial charge is 0.339 e. The van der Waals surface area contributed by atoms with E-state index in [2.05, 4.69) is 15.9 Å². The zero-order chi connectivity index (χ0) is 14.6. The summed E-state index contributed by atoms with van der Waals surface area (Å²) in [7, 11) is -2.57. The predicted molar refractivity (Wildman–Crippen MR) is 72.7 cm³/mol. The highest BCUT2D eigenvalue weighted by molar-refractivity contribution is 9.10. The van der Waals surface area contributed by atoms with Gasteiger partial charge in [-0.15, -0.1) is 0 Å². The van der Waals surface area contributed by atoms with Gasteiger partial charge >= 0.3 is 5.97 Å². The van der Waals surface area contributed by atoms with E-state index in [9.17, 15) is 13.2 Å². The fourth-order valence-electron chi connectivity index (χ4n) is 1.22. The molecule has 19 heavy (non-hydrogen) atoms. The number of sulfonamides is 1. The summed E-state index contributed by atoms with van der Waals surface area (Å²) in [5, 5.41) is 4.74. The molecule has 2 N–H and O–H groups in total. The minimum Gasteiger partial charge on any atom is -0.460 e. The number of nitrogens with two attached hydrogens (primary N) is 1. The lowest BCUT2D eigenvalue weighted by Crippen LogP contribution is -2.16. The van der Waals surface area contributed by atoms with Crippen molar-refractivity contribution in [2.45, 2.75) is 4.90 Å². The van der Waals surface area contributed by atoms with Gasteiger partial charge < -0.3 is 9.47 Å². The van der Waals surface area contributed by atoms with Gasteiger partial charge in [0.1, 0.15) is 11.5 Å². The molecule has 0 aliphatic rings. The molecule has 106 valence electrons. The van der Waals surface area contributed by atoms with Crippen molar-refractivity contribution in [1.82, 2.24) is 0 Å². The van der Waals surface area contributed by atoms with Crippen molar-refractivity contribution in [1.29, 1.82) is 0 Å². The van der Waals surface area contributed by atoms with Gasteiger partial charge in [0.2, 0.25) is 10.0 Å². The molecule has 0 aliphatic carbocycles. The van der Waals surface area contributed by atoms with Crippen molar-refractivity contribution in [3.05, 3.63) is 27.2 Å². The van der Waals surface area contributed by atoms with E-state index in [1.54, 1.807) is 0 Å². The number of carbonyl (C=O) groups is 1. The Morgan fingerprint density at radius 3 is 2.58 bits per heavy atom. The number of hydrogen-bond donors (Lipinski definition) is 1. The second-order valence-electron chi connectivity index (χ2n) is 3.44. The van der Waals surface area contributed by atoms with Crippen LogP contribution in [-0.2, 0) is 19.5 Å². The Labute approximate surface area is 124 Å². The summed E-state index contributed by atoms with van der Waals surface area (Å²) in [4.78, 5) is 11.4. The predicted octanol–water partition coefficient (Wildman–Crippen LogP) is 1.55. The van der Waals surface area contributed by atoms with Crippen LogP contribution in [-0.4, -0.2) is 34.7 Å². The standard InChI is InChI=1S/C10H11BrClNO5S/c1-17-2-3-18-10(14)7-4-6(11)5-8(9(7)12)19(13,15)16/h4-5H,2-3H2,1H3,(H2,13,15,16). The first-order chi connectivity index (χ1) is 8.77. The summed E-state index contributed by atoms with van der Waals surface area (Å²) in [5.74, 6) is -0.756. The molecule has 0 aromatic heterocycles. The molecule has 1 aromatic carbocycles. The van der Waals surface area contributed by atoms with Crippen LogP contribution >= 0.6 is 27.5 Å². The maximum absolute atomic E-state index is 11.8. The van der Waals surface area contributed by atoms with Gasteiger partial charge in [-0.2, -0.15) is 0 Å². The van der Waals surface area contributed by atoms with Gasteiger partial charge in [-0.05, 0) is 12.1 Å². The summed E-state index contributed by atoms with van der Waals surface area (Å²) in [6.45, 7) is 0.252. The molecule has 0 atom stereocenters. The number of halogens is 2. The zero-order valence-electron chi connectivity index (χ0n) is 9.85. The van der Waals surface area contributed by atoms with Crippen molar-refractivity contribution >= 4 is 43.5 Å². The van der Waals surface area contributed by atoms with E-state index < -0.39 is 16.0 Å². The molecule has 0 amide bonds. The number of benzene rings is 1. The van der Waals surface area contributed by atoms with Crippen LogP contribution < -0.4 is 5.14 Å². The van der Waals surface area contributed by atoms with Crippen LogP contribution in [0.2, 0.25) is 5.02 Å². The fraction of sp³-hybridized carbons (Fsp3) is 0.300. The Kier molecular flexibility index (Phi) is 5.75. The van der Waals surface area contributed by atoms with Gasteiger partial charge in [-0.1, -0.05) is 27.5 Å². The van der Waals surface area contributed by atoms with Gasteiger partial charge in [0, 0.05) is 11.6 Å². The van der Waals surface area contributed by atoms with Gasteiger partial charge in [0.15, 0.2) is 0 Å². The third-order valence-electron chi connectivity index (χ3n) is 2.05. The van der Waals surface area contributed by atoms with E-state index in [0.29, 0.717) is 4.47 Å². The minimum absolute atomic E-state index is 0.0306. The second kappa shape index (κ2) is 6.67. The molecule has 1 rings (SSSR count). The van der Waals surface area contributed by atoms with E-state index in [-0.39, 0.29) is 28.7 Å². The number of primary sulfonamides is 1. The molecule has 0 bridgehead atoms. The molecule has 0 heterocycles. The minimum atomic E-state index is -4.03. The molecule has 0 radical (unpaired) electrons. The van der Waals surface area contributed by atoms with Gasteiger partial charge in [-0.3, -0.25) is 0 Å². The maximum Gasteiger partial charge on any atom is 0.339 e. The Morgan fingerprint density at radius 2 is 2.05 bits per heavy atom. The number of esters is 1. The molecule has 0 spiro atoms. The van der Waals surface area contributed by atoms with Crippen molar-refractivity contribution in [2.24, 2.45) is 5.14 Å². The van der Waals surface area contributed by atoms with Gasteiger partial charge in [0.05, 0.1) is 17.2 Å². The molecule has 0 saturated carbocycles. The lowest BCUT2D eigenvalue weighted by molar-refractivity contribution is 0.0388. The van der Waals surface area contributed by atoms with Crippen molar-refractivity contribution in [2.75, 3.05) is 20.3 Å². The van der Waals surface area contributed by atoms with E-state index in [4.69, 9.17) is 26.2 Å². The van der Waals surface area contributed by atoms with E-state index in [1.165, 1.54) is 19.2 Å². The molecule has 6 nitrogen and oxygen atoms in total. The van der Waals surface area contributed by atoms with Crippen LogP contribution in [0, 0.1) is 0 Å². The zero-order valence-corrected chi connectivity index (χ0v) is 13.0. The number of methoxy groups -OCH3 is 1. The van der Waals surface area contributed by atoms with Crippen molar-refractivity contribution < 1.29 is 22.7 Å². The highest BCUT2D eigenvalue weighted by Gasteiger charge is 2.21. The average Bonchev–Trinajstić information content (AvgIpc) is 2.30. The quantitative estimate of drug-likeness (QED) is 0.625. The molecular weight excluding hydrogens is 362 g/mol. The van der Waals surface area contributed by atoms with Gasteiger partial charge in [-0.25, -0.2) is 18.4 Å². The highest BCUT2D eigenvalue weighted by Crippen LogP contribution is 2.29. The van der Waals surface area contributed by atoms with E-state index in [1.807, 2.05) is 0 Å². The number of ether oxygens (including phenoxy) is 2. The van der Waals surface area contributed by atoms with Crippen molar-refractivity contribution in [3.8, 4) is 0 Å². The van der Waals surface area contributed by atoms with Crippen LogP contribution in [0.3, 0.4) is 0 Å². The SMILES string of the molecule is COCCOC(=O)c1cc(Br)cc(S(N)(=O)=O)c1Cl. The second-order valence-corrected chi connectivity index (χ2v) is 6.26. The summed E-state index contributed by atoms with van der Waals surface area (Å²) in [6.07, 6.45) is 0. The van der Waals surface area contributed by atoms with Crippen LogP contribution in [0.5, 0.6) is 0 Å². The number of rotatable bonds is 5. The molecule has 9 heteroatoms. The van der Waals surface area contributed by atoms with E-state index in [0.717, 1.165) is 0 Å². The molecule has 1 aromatic rings. The topological polar surface area (TPSA) is 95.7 Å². The first-order valence-electron chi connectivity index (χ1n) is 4.95. The number of hydrogen-bond acceptors (Lipinski definition) is 5. The normalized spacial score (nSPS) is 11.4. The van der Waals surface area contributed by atoms with Crippen LogP contribution in [0.4, 0.5) is 0 Å². The van der Waals surface area contributed by atoms with Crippen LogP contribution in [0.1, 0.15) is 10.4 Å². The largest absolute Gasteiger partial charge is 0.460 e. The number of carbonyl (C=O) groups excluding carboxylic acids is 1. The average molecular weight is 373 g/mol. The Hall–Kier alpha value is -0.670. The third kappa shape index (κ3) is 4.43. The first kappa shape index (κ1) is 16.4. The Bertz CT molecular complexity index is 590. The summed E-state index contributed by atoms with van der Waals surface area (Å²) < 4.78 is 32.6. The lowest BCUT2D eigenvalue weighted by Gasteiger charge is -2.09. The summed E-state index contributed by atoms with van der Waals surface area (Å²) >= 11 is 8.94. The van der Waals surface area contributed by atoms with Crippen LogP contribution in [0.25, 0.3) is 0 Å². The summed E-state index contributed by atoms with van der Waals surface area (Å²) in [5.41, 5.74) is -0.0869. The Morgan fingerprint density at radius 1 is 1.42 bits per heavy atom.